The second kappa shape index (κ2) is 5.72. The van der Waals surface area contributed by atoms with Crippen molar-refractivity contribution in [3.8, 4) is 0 Å². The maximum atomic E-state index is 12.5. The van der Waals surface area contributed by atoms with Crippen molar-refractivity contribution in [2.75, 3.05) is 5.32 Å². The van der Waals surface area contributed by atoms with Crippen molar-refractivity contribution in [1.29, 1.82) is 0 Å². The van der Waals surface area contributed by atoms with Crippen LogP contribution in [0.1, 0.15) is 16.9 Å². The largest absolute Gasteiger partial charge is 0.443 e. The lowest BCUT2D eigenvalue weighted by Crippen LogP contribution is -2.27. The molecule has 1 aromatic carbocycles. The van der Waals surface area contributed by atoms with Gasteiger partial charge in [-0.3, -0.25) is 14.2 Å². The summed E-state index contributed by atoms with van der Waals surface area (Å²) >= 11 is 0. The number of amides is 1. The summed E-state index contributed by atoms with van der Waals surface area (Å²) in [6, 6.07) is 7.46. The molecule has 3 rings (SSSR count). The summed E-state index contributed by atoms with van der Waals surface area (Å²) < 4.78 is 6.71. The lowest BCUT2D eigenvalue weighted by atomic mass is 10.2. The molecule has 0 bridgehead atoms. The van der Waals surface area contributed by atoms with E-state index in [-0.39, 0.29) is 18.0 Å². The maximum absolute atomic E-state index is 12.5. The first kappa shape index (κ1) is 15.0. The smallest absolute Gasteiger partial charge is 0.265 e. The van der Waals surface area contributed by atoms with Crippen molar-refractivity contribution >= 4 is 22.7 Å². The number of fused-ring (bicyclic) bond motifs is 1. The van der Waals surface area contributed by atoms with Crippen LogP contribution in [-0.2, 0) is 11.3 Å². The van der Waals surface area contributed by atoms with Crippen LogP contribution in [-0.4, -0.2) is 15.5 Å². The summed E-state index contributed by atoms with van der Waals surface area (Å²) in [5.74, 6) is 0.376. The molecule has 118 valence electrons. The zero-order chi connectivity index (χ0) is 16.6. The van der Waals surface area contributed by atoms with E-state index in [4.69, 9.17) is 4.42 Å². The minimum atomic E-state index is -0.282. The van der Waals surface area contributed by atoms with E-state index in [0.29, 0.717) is 22.5 Å². The summed E-state index contributed by atoms with van der Waals surface area (Å²) in [5.41, 5.74) is 2.59. The topological polar surface area (TPSA) is 77.1 Å². The molecule has 0 saturated carbocycles. The van der Waals surface area contributed by atoms with Crippen molar-refractivity contribution in [2.45, 2.75) is 27.3 Å². The molecule has 0 atom stereocenters. The number of nitrogens with zero attached hydrogens (tertiary/aromatic N) is 2. The Bertz CT molecular complexity index is 936. The predicted octanol–water partition coefficient (Wildman–Crippen LogP) is 2.55. The van der Waals surface area contributed by atoms with Gasteiger partial charge in [0.2, 0.25) is 11.6 Å². The Balaban J connectivity index is 1.85. The third kappa shape index (κ3) is 2.88. The lowest BCUT2D eigenvalue weighted by molar-refractivity contribution is -0.116. The average molecular weight is 311 g/mol. The Morgan fingerprint density at radius 3 is 2.61 bits per heavy atom. The molecule has 6 heteroatoms. The van der Waals surface area contributed by atoms with E-state index in [9.17, 15) is 9.59 Å². The fourth-order valence-corrected chi connectivity index (χ4v) is 2.37. The highest BCUT2D eigenvalue weighted by Gasteiger charge is 2.15. The molecule has 0 aliphatic heterocycles. The first-order chi connectivity index (χ1) is 11.0. The number of carbonyl (C=O) groups is 1. The molecule has 0 unspecified atom stereocenters. The highest BCUT2D eigenvalue weighted by molar-refractivity contribution is 5.90. The van der Waals surface area contributed by atoms with Gasteiger partial charge in [-0.1, -0.05) is 17.7 Å². The summed E-state index contributed by atoms with van der Waals surface area (Å²) in [4.78, 5) is 28.7. The van der Waals surface area contributed by atoms with Crippen LogP contribution in [0.3, 0.4) is 0 Å². The number of benzene rings is 1. The molecule has 23 heavy (non-hydrogen) atoms. The van der Waals surface area contributed by atoms with Gasteiger partial charge in [0.1, 0.15) is 24.0 Å². The van der Waals surface area contributed by atoms with Gasteiger partial charge in [0, 0.05) is 11.3 Å². The van der Waals surface area contributed by atoms with Crippen LogP contribution in [0.25, 0.3) is 11.1 Å². The Hall–Kier alpha value is -2.89. The van der Waals surface area contributed by atoms with Crippen LogP contribution in [0.5, 0.6) is 0 Å². The number of nitrogens with one attached hydrogen (secondary N) is 1. The summed E-state index contributed by atoms with van der Waals surface area (Å²) in [7, 11) is 0. The predicted molar refractivity (Wildman–Crippen MR) is 87.6 cm³/mol. The van der Waals surface area contributed by atoms with Crippen LogP contribution in [0.15, 0.2) is 39.8 Å². The van der Waals surface area contributed by atoms with E-state index in [1.54, 1.807) is 13.8 Å². The number of anilines is 1. The Morgan fingerprint density at radius 1 is 1.22 bits per heavy atom. The quantitative estimate of drug-likeness (QED) is 0.806. The normalized spacial score (nSPS) is 10.9. The van der Waals surface area contributed by atoms with Gasteiger partial charge in [-0.25, -0.2) is 4.98 Å². The number of rotatable bonds is 3. The van der Waals surface area contributed by atoms with Gasteiger partial charge in [0.05, 0.1) is 0 Å². The minimum absolute atomic E-state index is 0.0979. The van der Waals surface area contributed by atoms with Crippen LogP contribution >= 0.6 is 0 Å². The molecule has 0 aliphatic carbocycles. The van der Waals surface area contributed by atoms with Gasteiger partial charge in [0.25, 0.3) is 5.56 Å². The average Bonchev–Trinajstić information content (AvgIpc) is 2.80. The van der Waals surface area contributed by atoms with E-state index < -0.39 is 0 Å². The van der Waals surface area contributed by atoms with Crippen molar-refractivity contribution in [2.24, 2.45) is 0 Å². The minimum Gasteiger partial charge on any atom is -0.443 e. The van der Waals surface area contributed by atoms with E-state index in [1.165, 1.54) is 10.9 Å². The first-order valence-electron chi connectivity index (χ1n) is 7.27. The van der Waals surface area contributed by atoms with Crippen molar-refractivity contribution in [3.63, 3.8) is 0 Å². The number of carbonyl (C=O) groups excluding carboxylic acids is 1. The molecular weight excluding hydrogens is 294 g/mol. The Kier molecular flexibility index (Phi) is 3.73. The van der Waals surface area contributed by atoms with Crippen LogP contribution in [0, 0.1) is 20.8 Å². The zero-order valence-electron chi connectivity index (χ0n) is 13.2. The summed E-state index contributed by atoms with van der Waals surface area (Å²) in [6.45, 7) is 5.46. The van der Waals surface area contributed by atoms with Gasteiger partial charge < -0.3 is 9.73 Å². The number of hydrogen-bond acceptors (Lipinski definition) is 4. The van der Waals surface area contributed by atoms with E-state index in [2.05, 4.69) is 10.3 Å². The SMILES string of the molecule is Cc1ccc(NC(=O)Cn2cnc3oc(C)c(C)c3c2=O)cc1. The molecule has 0 radical (unpaired) electrons. The van der Waals surface area contributed by atoms with Gasteiger partial charge >= 0.3 is 0 Å². The molecule has 0 spiro atoms. The van der Waals surface area contributed by atoms with E-state index in [1.807, 2.05) is 31.2 Å². The lowest BCUT2D eigenvalue weighted by Gasteiger charge is -2.07. The van der Waals surface area contributed by atoms with Crippen molar-refractivity contribution in [3.05, 3.63) is 57.8 Å². The van der Waals surface area contributed by atoms with E-state index in [0.717, 1.165) is 11.1 Å². The molecule has 2 heterocycles. The van der Waals surface area contributed by atoms with Crippen LogP contribution < -0.4 is 10.9 Å². The van der Waals surface area contributed by atoms with Gasteiger partial charge in [-0.2, -0.15) is 0 Å². The Morgan fingerprint density at radius 2 is 1.91 bits per heavy atom. The second-order valence-corrected chi connectivity index (χ2v) is 5.56. The number of aryl methyl sites for hydroxylation is 3. The molecule has 2 aromatic heterocycles. The monoisotopic (exact) mass is 311 g/mol. The molecule has 3 aromatic rings. The number of hydrogen-bond donors (Lipinski definition) is 1. The number of aromatic nitrogens is 2. The molecule has 1 amide bonds. The van der Waals surface area contributed by atoms with Crippen LogP contribution in [0.4, 0.5) is 5.69 Å². The summed E-state index contributed by atoms with van der Waals surface area (Å²) in [6.07, 6.45) is 1.34. The third-order valence-electron chi connectivity index (χ3n) is 3.81. The second-order valence-electron chi connectivity index (χ2n) is 5.56. The van der Waals surface area contributed by atoms with Crippen molar-refractivity contribution in [1.82, 2.24) is 9.55 Å². The number of furan rings is 1. The zero-order valence-corrected chi connectivity index (χ0v) is 13.2. The molecule has 0 fully saturated rings. The molecular formula is C17H17N3O3. The molecule has 0 saturated heterocycles. The molecule has 0 aliphatic rings. The van der Waals surface area contributed by atoms with Gasteiger partial charge in [-0.15, -0.1) is 0 Å². The van der Waals surface area contributed by atoms with Crippen LogP contribution in [0.2, 0.25) is 0 Å². The summed E-state index contributed by atoms with van der Waals surface area (Å²) in [5, 5.41) is 3.19. The standard InChI is InChI=1S/C17H17N3O3/c1-10-4-6-13(7-5-10)19-14(21)8-20-9-18-16-15(17(20)22)11(2)12(3)23-16/h4-7,9H,8H2,1-3H3,(H,19,21). The highest BCUT2D eigenvalue weighted by Crippen LogP contribution is 2.19. The van der Waals surface area contributed by atoms with Crippen molar-refractivity contribution < 1.29 is 9.21 Å². The maximum Gasteiger partial charge on any atom is 0.265 e. The third-order valence-corrected chi connectivity index (χ3v) is 3.81. The highest BCUT2D eigenvalue weighted by atomic mass is 16.3. The van der Waals surface area contributed by atoms with Gasteiger partial charge in [0.15, 0.2) is 0 Å². The van der Waals surface area contributed by atoms with E-state index >= 15 is 0 Å². The van der Waals surface area contributed by atoms with Gasteiger partial charge in [-0.05, 0) is 32.9 Å². The Labute approximate surface area is 132 Å². The first-order valence-corrected chi connectivity index (χ1v) is 7.27. The fraction of sp³-hybridized carbons (Fsp3) is 0.235. The fourth-order valence-electron chi connectivity index (χ4n) is 2.37. The molecule has 6 nitrogen and oxygen atoms in total. The molecule has 1 N–H and O–H groups in total.